The van der Waals surface area contributed by atoms with Crippen LogP contribution in [0.3, 0.4) is 0 Å². The molecule has 0 bridgehead atoms. The predicted octanol–water partition coefficient (Wildman–Crippen LogP) is 12.1. The van der Waals surface area contributed by atoms with Crippen molar-refractivity contribution in [3.8, 4) is 22.3 Å². The predicted molar refractivity (Wildman–Crippen MR) is 187 cm³/mol. The summed E-state index contributed by atoms with van der Waals surface area (Å²) >= 11 is 0. The molecule has 0 aliphatic heterocycles. The largest absolute Gasteiger partial charge is 0.453 e. The van der Waals surface area contributed by atoms with Crippen molar-refractivity contribution in [1.29, 1.82) is 0 Å². The van der Waals surface area contributed by atoms with Crippen LogP contribution in [-0.4, -0.2) is 0 Å². The van der Waals surface area contributed by atoms with E-state index in [-0.39, 0.29) is 0 Å². The van der Waals surface area contributed by atoms with E-state index < -0.39 is 0 Å². The Bertz CT molecular complexity index is 2510. The van der Waals surface area contributed by atoms with Crippen LogP contribution in [0.5, 0.6) is 0 Å². The van der Waals surface area contributed by atoms with E-state index in [1.54, 1.807) is 0 Å². The van der Waals surface area contributed by atoms with Crippen LogP contribution in [0.1, 0.15) is 0 Å². The van der Waals surface area contributed by atoms with Crippen molar-refractivity contribution in [1.82, 2.24) is 0 Å². The summed E-state index contributed by atoms with van der Waals surface area (Å²) in [5, 5.41) is 13.2. The van der Waals surface area contributed by atoms with Gasteiger partial charge in [0, 0.05) is 21.8 Å². The van der Waals surface area contributed by atoms with Gasteiger partial charge in [-0.1, -0.05) is 121 Å². The van der Waals surface area contributed by atoms with Crippen molar-refractivity contribution < 1.29 is 4.42 Å². The molecule has 0 unspecified atom stereocenters. The number of anilines is 2. The van der Waals surface area contributed by atoms with Crippen LogP contribution in [0.25, 0.3) is 76.5 Å². The molecule has 8 aromatic carbocycles. The summed E-state index contributed by atoms with van der Waals surface area (Å²) in [5.41, 5.74) is 8.49. The molecule has 1 heterocycles. The highest BCUT2D eigenvalue weighted by Crippen LogP contribution is 2.43. The first kappa shape index (κ1) is 24.7. The Hall–Kier alpha value is -5.86. The van der Waals surface area contributed by atoms with Crippen molar-refractivity contribution in [3.63, 3.8) is 0 Å². The Morgan fingerprint density at radius 1 is 0.386 bits per heavy atom. The van der Waals surface area contributed by atoms with Crippen LogP contribution in [0.15, 0.2) is 162 Å². The topological polar surface area (TPSA) is 25.2 Å². The minimum Gasteiger partial charge on any atom is -0.453 e. The summed E-state index contributed by atoms with van der Waals surface area (Å²) in [7, 11) is 0. The second-order valence-electron chi connectivity index (χ2n) is 11.5. The first-order valence-corrected chi connectivity index (χ1v) is 15.0. The van der Waals surface area contributed by atoms with Gasteiger partial charge in [0.05, 0.1) is 5.69 Å². The molecular weight excluding hydrogens is 534 g/mol. The molecule has 9 rings (SSSR count). The lowest BCUT2D eigenvalue weighted by molar-refractivity contribution is 0.674. The fraction of sp³-hybridized carbons (Fsp3) is 0. The quantitative estimate of drug-likeness (QED) is 0.216. The third kappa shape index (κ3) is 4.04. The van der Waals surface area contributed by atoms with Crippen molar-refractivity contribution in [2.75, 3.05) is 5.32 Å². The molecule has 1 N–H and O–H groups in total. The van der Waals surface area contributed by atoms with Gasteiger partial charge in [0.15, 0.2) is 5.58 Å². The Morgan fingerprint density at radius 2 is 1.02 bits per heavy atom. The number of nitrogens with one attached hydrogen (secondary N) is 1. The van der Waals surface area contributed by atoms with E-state index >= 15 is 0 Å². The van der Waals surface area contributed by atoms with Crippen molar-refractivity contribution in [2.45, 2.75) is 0 Å². The van der Waals surface area contributed by atoms with Crippen LogP contribution in [0.4, 0.5) is 11.4 Å². The van der Waals surface area contributed by atoms with E-state index in [1.165, 1.54) is 38.1 Å². The molecule has 9 aromatic rings. The maximum Gasteiger partial charge on any atom is 0.159 e. The zero-order valence-corrected chi connectivity index (χ0v) is 23.9. The van der Waals surface area contributed by atoms with Crippen LogP contribution in [0, 0.1) is 0 Å². The highest BCUT2D eigenvalue weighted by atomic mass is 16.3. The molecular formula is C42H27NO. The third-order valence-electron chi connectivity index (χ3n) is 8.80. The summed E-state index contributed by atoms with van der Waals surface area (Å²) in [6, 6.07) is 56.2. The number of hydrogen-bond donors (Lipinski definition) is 1. The van der Waals surface area contributed by atoms with Gasteiger partial charge in [0.1, 0.15) is 5.58 Å². The molecule has 0 saturated carbocycles. The summed E-state index contributed by atoms with van der Waals surface area (Å²) in [6.45, 7) is 0. The van der Waals surface area contributed by atoms with Crippen LogP contribution < -0.4 is 5.32 Å². The molecule has 206 valence electrons. The van der Waals surface area contributed by atoms with E-state index in [1.807, 2.05) is 0 Å². The van der Waals surface area contributed by atoms with Crippen molar-refractivity contribution >= 4 is 65.6 Å². The molecule has 0 fully saturated rings. The summed E-state index contributed by atoms with van der Waals surface area (Å²) in [6.07, 6.45) is 0. The molecule has 0 atom stereocenters. The van der Waals surface area contributed by atoms with E-state index in [2.05, 4.69) is 163 Å². The molecule has 0 saturated heterocycles. The average Bonchev–Trinajstić information content (AvgIpc) is 3.49. The summed E-state index contributed by atoms with van der Waals surface area (Å²) in [4.78, 5) is 0. The summed E-state index contributed by atoms with van der Waals surface area (Å²) < 4.78 is 6.81. The van der Waals surface area contributed by atoms with Gasteiger partial charge in [-0.3, -0.25) is 0 Å². The zero-order chi connectivity index (χ0) is 29.0. The zero-order valence-electron chi connectivity index (χ0n) is 23.9. The number of rotatable bonds is 4. The van der Waals surface area contributed by atoms with Crippen molar-refractivity contribution in [2.24, 2.45) is 0 Å². The average molecular weight is 562 g/mol. The number of benzene rings is 8. The minimum absolute atomic E-state index is 0.861. The molecule has 44 heavy (non-hydrogen) atoms. The van der Waals surface area contributed by atoms with Gasteiger partial charge < -0.3 is 9.73 Å². The maximum absolute atomic E-state index is 6.81. The third-order valence-corrected chi connectivity index (χ3v) is 8.80. The standard InChI is InChI=1S/C42H27NO/c1-2-8-27(9-3-1)28-14-16-30(17-15-28)36-22-23-39(42-40(36)38-21-19-29-10-6-7-13-37(29)41(38)44-42)43-35-20-18-33-24-31-11-4-5-12-32(31)25-34(33)26-35/h1-26,43H. The Morgan fingerprint density at radius 3 is 1.84 bits per heavy atom. The first-order chi connectivity index (χ1) is 21.8. The van der Waals surface area contributed by atoms with E-state index in [0.29, 0.717) is 0 Å². The molecule has 0 spiro atoms. The monoisotopic (exact) mass is 561 g/mol. The van der Waals surface area contributed by atoms with Gasteiger partial charge in [-0.25, -0.2) is 0 Å². The molecule has 0 amide bonds. The second kappa shape index (κ2) is 9.86. The Balaban J connectivity index is 1.21. The van der Waals surface area contributed by atoms with Gasteiger partial charge in [-0.2, -0.15) is 0 Å². The Labute approximate surface area is 254 Å². The van der Waals surface area contributed by atoms with E-state index in [0.717, 1.165) is 49.8 Å². The van der Waals surface area contributed by atoms with Crippen LogP contribution in [0.2, 0.25) is 0 Å². The summed E-state index contributed by atoms with van der Waals surface area (Å²) in [5.74, 6) is 0. The lowest BCUT2D eigenvalue weighted by Gasteiger charge is -2.12. The maximum atomic E-state index is 6.81. The van der Waals surface area contributed by atoms with E-state index in [4.69, 9.17) is 4.42 Å². The molecule has 2 nitrogen and oxygen atoms in total. The lowest BCUT2D eigenvalue weighted by Crippen LogP contribution is -1.92. The smallest absolute Gasteiger partial charge is 0.159 e. The fourth-order valence-corrected chi connectivity index (χ4v) is 6.59. The SMILES string of the molecule is c1ccc(-c2ccc(-c3ccc(Nc4ccc5cc6ccccc6cc5c4)c4oc5c6ccccc6ccc5c34)cc2)cc1. The van der Waals surface area contributed by atoms with Gasteiger partial charge in [0.2, 0.25) is 0 Å². The Kier molecular flexibility index (Phi) is 5.54. The van der Waals surface area contributed by atoms with Gasteiger partial charge in [-0.05, 0) is 85.6 Å². The van der Waals surface area contributed by atoms with Crippen LogP contribution in [-0.2, 0) is 0 Å². The van der Waals surface area contributed by atoms with Gasteiger partial charge >= 0.3 is 0 Å². The normalized spacial score (nSPS) is 11.6. The number of fused-ring (bicyclic) bond motifs is 7. The fourth-order valence-electron chi connectivity index (χ4n) is 6.59. The lowest BCUT2D eigenvalue weighted by atomic mass is 9.95. The minimum atomic E-state index is 0.861. The molecule has 0 radical (unpaired) electrons. The number of hydrogen-bond acceptors (Lipinski definition) is 2. The molecule has 0 aliphatic carbocycles. The highest BCUT2D eigenvalue weighted by Gasteiger charge is 2.18. The first-order valence-electron chi connectivity index (χ1n) is 15.0. The van der Waals surface area contributed by atoms with Crippen LogP contribution >= 0.6 is 0 Å². The molecule has 1 aromatic heterocycles. The molecule has 2 heteroatoms. The highest BCUT2D eigenvalue weighted by molar-refractivity contribution is 6.21. The van der Waals surface area contributed by atoms with E-state index in [9.17, 15) is 0 Å². The van der Waals surface area contributed by atoms with Crippen molar-refractivity contribution in [3.05, 3.63) is 158 Å². The van der Waals surface area contributed by atoms with Gasteiger partial charge in [0.25, 0.3) is 0 Å². The number of furan rings is 1. The second-order valence-corrected chi connectivity index (χ2v) is 11.5. The van der Waals surface area contributed by atoms with Gasteiger partial charge in [-0.15, -0.1) is 0 Å². The molecule has 0 aliphatic rings.